The van der Waals surface area contributed by atoms with E-state index in [-0.39, 0.29) is 11.5 Å². The molecule has 0 spiro atoms. The van der Waals surface area contributed by atoms with Gasteiger partial charge in [-0.25, -0.2) is 0 Å². The molecule has 1 rings (SSSR count). The molecule has 1 N–H and O–H groups in total. The minimum Gasteiger partial charge on any atom is -0.481 e. The number of benzene rings is 1. The molecule has 3 nitrogen and oxygen atoms in total. The summed E-state index contributed by atoms with van der Waals surface area (Å²) >= 11 is 7.14. The van der Waals surface area contributed by atoms with E-state index in [4.69, 9.17) is 16.7 Å². The van der Waals surface area contributed by atoms with E-state index >= 15 is 0 Å². The molecular formula is C14H15ClO3S. The highest BCUT2D eigenvalue weighted by Crippen LogP contribution is 2.18. The molecule has 5 heteroatoms. The topological polar surface area (TPSA) is 54.4 Å². The van der Waals surface area contributed by atoms with Crippen molar-refractivity contribution in [3.05, 3.63) is 40.4 Å². The van der Waals surface area contributed by atoms with E-state index in [9.17, 15) is 9.59 Å². The predicted octanol–water partition coefficient (Wildman–Crippen LogP) is 3.65. The Bertz CT molecular complexity index is 497. The number of aliphatic carboxylic acids is 1. The Morgan fingerprint density at radius 1 is 1.42 bits per heavy atom. The highest BCUT2D eigenvalue weighted by Gasteiger charge is 2.05. The summed E-state index contributed by atoms with van der Waals surface area (Å²) in [5.74, 6) is -0.155. The molecule has 0 bridgehead atoms. The van der Waals surface area contributed by atoms with Gasteiger partial charge in [-0.3, -0.25) is 9.59 Å². The molecule has 0 unspecified atom stereocenters. The molecule has 0 atom stereocenters. The first kappa shape index (κ1) is 15.8. The number of halogens is 1. The SMILES string of the molecule is CC(=O)SCCC=Cc1ccc(Cl)cc1CC(=O)O. The van der Waals surface area contributed by atoms with Gasteiger partial charge in [0.05, 0.1) is 6.42 Å². The summed E-state index contributed by atoms with van der Waals surface area (Å²) < 4.78 is 0. The number of carbonyl (C=O) groups excluding carboxylic acids is 1. The molecule has 0 saturated carbocycles. The third kappa shape index (κ3) is 6.45. The van der Waals surface area contributed by atoms with Gasteiger partial charge in [-0.05, 0) is 29.7 Å². The quantitative estimate of drug-likeness (QED) is 0.815. The molecule has 0 aliphatic rings. The van der Waals surface area contributed by atoms with Gasteiger partial charge < -0.3 is 5.11 Å². The van der Waals surface area contributed by atoms with Crippen molar-refractivity contribution in [2.24, 2.45) is 0 Å². The minimum atomic E-state index is -0.885. The fourth-order valence-electron chi connectivity index (χ4n) is 1.53. The molecule has 1 aromatic rings. The van der Waals surface area contributed by atoms with E-state index in [2.05, 4.69) is 0 Å². The molecule has 0 aromatic heterocycles. The van der Waals surface area contributed by atoms with E-state index in [0.717, 1.165) is 17.7 Å². The summed E-state index contributed by atoms with van der Waals surface area (Å²) in [5.41, 5.74) is 1.54. The van der Waals surface area contributed by atoms with Crippen LogP contribution < -0.4 is 0 Å². The fraction of sp³-hybridized carbons (Fsp3) is 0.286. The first-order valence-corrected chi connectivity index (χ1v) is 7.15. The average molecular weight is 299 g/mol. The Morgan fingerprint density at radius 3 is 2.79 bits per heavy atom. The van der Waals surface area contributed by atoms with E-state index in [1.54, 1.807) is 25.1 Å². The lowest BCUT2D eigenvalue weighted by Gasteiger charge is -2.04. The second-order valence-electron chi connectivity index (χ2n) is 3.94. The van der Waals surface area contributed by atoms with Crippen molar-refractivity contribution >= 4 is 40.5 Å². The lowest BCUT2D eigenvalue weighted by atomic mass is 10.0. The molecule has 0 aliphatic heterocycles. The average Bonchev–Trinajstić information content (AvgIpc) is 2.30. The molecule has 0 saturated heterocycles. The highest BCUT2D eigenvalue weighted by molar-refractivity contribution is 8.13. The number of hydrogen-bond donors (Lipinski definition) is 1. The number of rotatable bonds is 6. The first-order valence-electron chi connectivity index (χ1n) is 5.79. The number of carboxylic acids is 1. The van der Waals surface area contributed by atoms with Crippen LogP contribution in [-0.2, 0) is 16.0 Å². The van der Waals surface area contributed by atoms with E-state index in [1.807, 2.05) is 12.2 Å². The molecule has 0 fully saturated rings. The summed E-state index contributed by atoms with van der Waals surface area (Å²) in [7, 11) is 0. The van der Waals surface area contributed by atoms with Gasteiger partial charge >= 0.3 is 5.97 Å². The van der Waals surface area contributed by atoms with Crippen LogP contribution in [0, 0.1) is 0 Å². The molecule has 19 heavy (non-hydrogen) atoms. The largest absolute Gasteiger partial charge is 0.481 e. The van der Waals surface area contributed by atoms with Crippen molar-refractivity contribution in [3.8, 4) is 0 Å². The van der Waals surface area contributed by atoms with Gasteiger partial charge in [-0.15, -0.1) is 0 Å². The smallest absolute Gasteiger partial charge is 0.307 e. The van der Waals surface area contributed by atoms with Crippen LogP contribution >= 0.6 is 23.4 Å². The second-order valence-corrected chi connectivity index (χ2v) is 5.65. The van der Waals surface area contributed by atoms with Crippen molar-refractivity contribution in [1.82, 2.24) is 0 Å². The predicted molar refractivity (Wildman–Crippen MR) is 79.6 cm³/mol. The van der Waals surface area contributed by atoms with Crippen LogP contribution in [0.4, 0.5) is 0 Å². The third-order valence-electron chi connectivity index (χ3n) is 2.33. The summed E-state index contributed by atoms with van der Waals surface area (Å²) in [6.07, 6.45) is 4.52. The van der Waals surface area contributed by atoms with Gasteiger partial charge in [0.2, 0.25) is 0 Å². The summed E-state index contributed by atoms with van der Waals surface area (Å²) in [4.78, 5) is 21.5. The number of carbonyl (C=O) groups is 2. The van der Waals surface area contributed by atoms with Crippen LogP contribution in [0.3, 0.4) is 0 Å². The van der Waals surface area contributed by atoms with Crippen LogP contribution in [-0.4, -0.2) is 21.9 Å². The number of hydrogen-bond acceptors (Lipinski definition) is 3. The maximum Gasteiger partial charge on any atom is 0.307 e. The monoisotopic (exact) mass is 298 g/mol. The zero-order valence-corrected chi connectivity index (χ0v) is 12.1. The van der Waals surface area contributed by atoms with Crippen molar-refractivity contribution < 1.29 is 14.7 Å². The Hall–Kier alpha value is -1.26. The van der Waals surface area contributed by atoms with Crippen molar-refractivity contribution in [3.63, 3.8) is 0 Å². The molecule has 0 heterocycles. The highest BCUT2D eigenvalue weighted by atomic mass is 35.5. The first-order chi connectivity index (χ1) is 8.99. The summed E-state index contributed by atoms with van der Waals surface area (Å²) in [5, 5.41) is 9.48. The molecule has 0 aliphatic carbocycles. The number of thioether (sulfide) groups is 1. The van der Waals surface area contributed by atoms with E-state index < -0.39 is 5.97 Å². The van der Waals surface area contributed by atoms with Gasteiger partial charge in [0.25, 0.3) is 0 Å². The van der Waals surface area contributed by atoms with Gasteiger partial charge in [-0.2, -0.15) is 0 Å². The Labute approximate surface area is 121 Å². The van der Waals surface area contributed by atoms with Crippen molar-refractivity contribution in [2.45, 2.75) is 19.8 Å². The summed E-state index contributed by atoms with van der Waals surface area (Å²) in [6, 6.07) is 5.20. The maximum atomic E-state index is 10.8. The van der Waals surface area contributed by atoms with Crippen LogP contribution in [0.1, 0.15) is 24.5 Å². The Balaban J connectivity index is 2.68. The van der Waals surface area contributed by atoms with Crippen LogP contribution in [0.2, 0.25) is 5.02 Å². The van der Waals surface area contributed by atoms with Gasteiger partial charge in [0, 0.05) is 17.7 Å². The van der Waals surface area contributed by atoms with Gasteiger partial charge in [-0.1, -0.05) is 41.6 Å². The lowest BCUT2D eigenvalue weighted by molar-refractivity contribution is -0.136. The van der Waals surface area contributed by atoms with Crippen molar-refractivity contribution in [2.75, 3.05) is 5.75 Å². The molecule has 1 aromatic carbocycles. The van der Waals surface area contributed by atoms with Crippen molar-refractivity contribution in [1.29, 1.82) is 0 Å². The molecule has 0 amide bonds. The van der Waals surface area contributed by atoms with Crippen LogP contribution in [0.5, 0.6) is 0 Å². The normalized spacial score (nSPS) is 10.8. The second kappa shape index (κ2) is 8.02. The number of carboxylic acid groups (broad SMARTS) is 1. The summed E-state index contributed by atoms with van der Waals surface area (Å²) in [6.45, 7) is 1.54. The zero-order valence-electron chi connectivity index (χ0n) is 10.6. The minimum absolute atomic E-state index is 0.0531. The zero-order chi connectivity index (χ0) is 14.3. The lowest BCUT2D eigenvalue weighted by Crippen LogP contribution is -2.01. The maximum absolute atomic E-state index is 10.8. The molecule has 0 radical (unpaired) electrons. The van der Waals surface area contributed by atoms with E-state index in [1.165, 1.54) is 11.8 Å². The Morgan fingerprint density at radius 2 is 2.16 bits per heavy atom. The standard InChI is InChI=1S/C14H15ClO3S/c1-10(16)19-7-3-2-4-11-5-6-13(15)8-12(11)9-14(17)18/h2,4-6,8H,3,7,9H2,1H3,(H,17,18). The van der Waals surface area contributed by atoms with E-state index in [0.29, 0.717) is 10.6 Å². The molecular weight excluding hydrogens is 284 g/mol. The number of allylic oxidation sites excluding steroid dienone is 1. The van der Waals surface area contributed by atoms with Crippen LogP contribution in [0.25, 0.3) is 6.08 Å². The fourth-order valence-corrected chi connectivity index (χ4v) is 2.27. The van der Waals surface area contributed by atoms with Crippen LogP contribution in [0.15, 0.2) is 24.3 Å². The van der Waals surface area contributed by atoms with Gasteiger partial charge in [0.15, 0.2) is 5.12 Å². The molecule has 102 valence electrons. The Kier molecular flexibility index (Phi) is 6.67. The third-order valence-corrected chi connectivity index (χ3v) is 3.42. The van der Waals surface area contributed by atoms with Gasteiger partial charge in [0.1, 0.15) is 0 Å².